The van der Waals surface area contributed by atoms with Crippen LogP contribution in [0.3, 0.4) is 0 Å². The van der Waals surface area contributed by atoms with E-state index in [2.05, 4.69) is 66.9 Å². The maximum absolute atomic E-state index is 5.58. The van der Waals surface area contributed by atoms with Crippen LogP contribution in [-0.4, -0.2) is 11.4 Å². The number of hydrogen-bond donors (Lipinski definition) is 0. The van der Waals surface area contributed by atoms with E-state index in [9.17, 15) is 0 Å². The summed E-state index contributed by atoms with van der Waals surface area (Å²) in [7, 11) is 0. The third kappa shape index (κ3) is 5.23. The van der Waals surface area contributed by atoms with Gasteiger partial charge in [-0.2, -0.15) is 0 Å². The molecule has 1 aromatic heterocycles. The fourth-order valence-electron chi connectivity index (χ4n) is 2.37. The van der Waals surface area contributed by atoms with E-state index in [1.165, 1.54) is 10.5 Å². The molecule has 0 bridgehead atoms. The highest BCUT2D eigenvalue weighted by molar-refractivity contribution is 7.98. The van der Waals surface area contributed by atoms with Crippen LogP contribution in [0.1, 0.15) is 39.0 Å². The summed E-state index contributed by atoms with van der Waals surface area (Å²) in [6.07, 6.45) is 2.07. The number of rotatable bonds is 3. The van der Waals surface area contributed by atoms with E-state index < -0.39 is 0 Å². The Kier molecular flexibility index (Phi) is 9.07. The lowest BCUT2D eigenvalue weighted by Crippen LogP contribution is -1.84. The van der Waals surface area contributed by atoms with Gasteiger partial charge in [0.2, 0.25) is 0 Å². The molecule has 2 aromatic carbocycles. The van der Waals surface area contributed by atoms with Gasteiger partial charge in [-0.3, -0.25) is 0 Å². The topological polar surface area (TPSA) is 26.0 Å². The molecule has 0 amide bonds. The normalized spacial score (nSPS) is 9.56. The maximum Gasteiger partial charge on any atom is 0.174 e. The first-order valence-electron chi connectivity index (χ1n) is 8.87. The number of benzene rings is 2. The summed E-state index contributed by atoms with van der Waals surface area (Å²) >= 11 is 1.73. The van der Waals surface area contributed by atoms with Gasteiger partial charge in [0, 0.05) is 10.5 Å². The van der Waals surface area contributed by atoms with E-state index in [0.717, 1.165) is 28.1 Å². The van der Waals surface area contributed by atoms with Crippen molar-refractivity contribution in [1.29, 1.82) is 0 Å². The largest absolute Gasteiger partial charge is 0.355 e. The molecular weight excluding hydrogens is 326 g/mol. The van der Waals surface area contributed by atoms with Crippen LogP contribution < -0.4 is 0 Å². The smallest absolute Gasteiger partial charge is 0.174 e. The Morgan fingerprint density at radius 2 is 1.28 bits per heavy atom. The average molecular weight is 356 g/mol. The molecule has 0 radical (unpaired) electrons. The summed E-state index contributed by atoms with van der Waals surface area (Å²) in [5, 5.41) is 4.15. The molecule has 0 unspecified atom stereocenters. The zero-order valence-corrected chi connectivity index (χ0v) is 17.2. The van der Waals surface area contributed by atoms with Gasteiger partial charge in [0.25, 0.3) is 0 Å². The minimum absolute atomic E-state index is 0.837. The summed E-state index contributed by atoms with van der Waals surface area (Å²) in [5.41, 5.74) is 5.45. The van der Waals surface area contributed by atoms with Gasteiger partial charge in [-0.25, -0.2) is 0 Å². The Morgan fingerprint density at radius 1 is 0.760 bits per heavy atom. The number of aryl methyl sites for hydroxylation is 2. The van der Waals surface area contributed by atoms with Crippen molar-refractivity contribution in [2.45, 2.75) is 46.4 Å². The van der Waals surface area contributed by atoms with Crippen molar-refractivity contribution < 1.29 is 4.52 Å². The quantitative estimate of drug-likeness (QED) is 0.458. The first kappa shape index (κ1) is 21.0. The monoisotopic (exact) mass is 355 g/mol. The molecule has 1 heterocycles. The third-order valence-corrected chi connectivity index (χ3v) is 4.30. The van der Waals surface area contributed by atoms with Gasteiger partial charge in [0.1, 0.15) is 0 Å². The van der Waals surface area contributed by atoms with Crippen molar-refractivity contribution >= 4 is 11.8 Å². The van der Waals surface area contributed by atoms with E-state index in [0.29, 0.717) is 0 Å². The Bertz CT molecular complexity index is 743. The van der Waals surface area contributed by atoms with Crippen LogP contribution in [0.2, 0.25) is 0 Å². The second kappa shape index (κ2) is 10.8. The molecule has 3 aromatic rings. The van der Waals surface area contributed by atoms with Crippen molar-refractivity contribution in [1.82, 2.24) is 5.16 Å². The second-order valence-corrected chi connectivity index (χ2v) is 5.95. The van der Waals surface area contributed by atoms with E-state index in [1.807, 2.05) is 34.6 Å². The number of thioether (sulfide) groups is 1. The molecule has 3 heteroatoms. The average Bonchev–Trinajstić information content (AvgIpc) is 3.07. The molecule has 0 saturated heterocycles. The van der Waals surface area contributed by atoms with E-state index in [4.69, 9.17) is 4.52 Å². The Balaban J connectivity index is 0.000000730. The van der Waals surface area contributed by atoms with Gasteiger partial charge in [-0.15, -0.1) is 11.8 Å². The standard InChI is InChI=1S/C18H17NOS.2C2H6/c1-12-4-6-14(7-5-12)17-13(2)19-20-18(17)15-8-10-16(21-3)11-9-15;2*1-2/h4-11H,1-3H3;2*1-2H3. The fraction of sp³-hybridized carbons (Fsp3) is 0.318. The van der Waals surface area contributed by atoms with Gasteiger partial charge in [0.05, 0.1) is 11.3 Å². The summed E-state index contributed by atoms with van der Waals surface area (Å²) < 4.78 is 5.58. The summed E-state index contributed by atoms with van der Waals surface area (Å²) in [6, 6.07) is 16.9. The predicted octanol–water partition coefficient (Wildman–Crippen LogP) is 7.40. The zero-order chi connectivity index (χ0) is 18.8. The highest BCUT2D eigenvalue weighted by atomic mass is 32.2. The van der Waals surface area contributed by atoms with Crippen LogP contribution in [0.4, 0.5) is 0 Å². The molecular formula is C22H29NOS. The van der Waals surface area contributed by atoms with E-state index in [1.54, 1.807) is 11.8 Å². The van der Waals surface area contributed by atoms with Crippen molar-refractivity contribution in [2.75, 3.05) is 6.26 Å². The van der Waals surface area contributed by atoms with Crippen LogP contribution in [0, 0.1) is 13.8 Å². The Morgan fingerprint density at radius 3 is 1.80 bits per heavy atom. The highest BCUT2D eigenvalue weighted by Gasteiger charge is 2.16. The van der Waals surface area contributed by atoms with Crippen LogP contribution >= 0.6 is 11.8 Å². The molecule has 0 aliphatic rings. The molecule has 2 nitrogen and oxygen atoms in total. The SMILES string of the molecule is CC.CC.CSc1ccc(-c2onc(C)c2-c2ccc(C)cc2)cc1. The maximum atomic E-state index is 5.58. The summed E-state index contributed by atoms with van der Waals surface area (Å²) in [6.45, 7) is 12.1. The van der Waals surface area contributed by atoms with Crippen molar-refractivity contribution in [3.05, 3.63) is 59.8 Å². The van der Waals surface area contributed by atoms with Crippen LogP contribution in [0.15, 0.2) is 57.9 Å². The van der Waals surface area contributed by atoms with Gasteiger partial charge >= 0.3 is 0 Å². The van der Waals surface area contributed by atoms with Crippen molar-refractivity contribution in [3.63, 3.8) is 0 Å². The van der Waals surface area contributed by atoms with Gasteiger partial charge in [-0.05, 0) is 49.9 Å². The minimum Gasteiger partial charge on any atom is -0.355 e. The van der Waals surface area contributed by atoms with Gasteiger partial charge in [-0.1, -0.05) is 62.7 Å². The molecule has 0 aliphatic heterocycles. The molecule has 0 spiro atoms. The van der Waals surface area contributed by atoms with Crippen LogP contribution in [-0.2, 0) is 0 Å². The highest BCUT2D eigenvalue weighted by Crippen LogP contribution is 2.35. The first-order valence-corrected chi connectivity index (χ1v) is 10.1. The second-order valence-electron chi connectivity index (χ2n) is 5.07. The lowest BCUT2D eigenvalue weighted by atomic mass is 9.99. The molecule has 134 valence electrons. The van der Waals surface area contributed by atoms with Crippen molar-refractivity contribution in [3.8, 4) is 22.5 Å². The summed E-state index contributed by atoms with van der Waals surface area (Å²) in [5.74, 6) is 0.837. The van der Waals surface area contributed by atoms with Gasteiger partial charge in [0.15, 0.2) is 5.76 Å². The summed E-state index contributed by atoms with van der Waals surface area (Å²) in [4.78, 5) is 1.24. The van der Waals surface area contributed by atoms with Gasteiger partial charge < -0.3 is 4.52 Å². The molecule has 25 heavy (non-hydrogen) atoms. The molecule has 3 rings (SSSR count). The fourth-order valence-corrected chi connectivity index (χ4v) is 2.78. The number of hydrogen-bond acceptors (Lipinski definition) is 3. The predicted molar refractivity (Wildman–Crippen MR) is 111 cm³/mol. The van der Waals surface area contributed by atoms with Crippen molar-refractivity contribution in [2.24, 2.45) is 0 Å². The zero-order valence-electron chi connectivity index (χ0n) is 16.4. The lowest BCUT2D eigenvalue weighted by Gasteiger charge is -2.04. The molecule has 0 fully saturated rings. The molecule has 0 aliphatic carbocycles. The Hall–Kier alpha value is -2.00. The minimum atomic E-state index is 0.837. The van der Waals surface area contributed by atoms with Crippen LogP contribution in [0.5, 0.6) is 0 Å². The number of aromatic nitrogens is 1. The number of nitrogens with zero attached hydrogens (tertiary/aromatic N) is 1. The van der Waals surface area contributed by atoms with E-state index >= 15 is 0 Å². The van der Waals surface area contributed by atoms with E-state index in [-0.39, 0.29) is 0 Å². The third-order valence-electron chi connectivity index (χ3n) is 3.56. The molecule has 0 atom stereocenters. The Labute approximate surface area is 156 Å². The molecule has 0 N–H and O–H groups in total. The first-order chi connectivity index (χ1) is 12.2. The van der Waals surface area contributed by atoms with Crippen LogP contribution in [0.25, 0.3) is 22.5 Å². The lowest BCUT2D eigenvalue weighted by molar-refractivity contribution is 0.427. The molecule has 0 saturated carbocycles.